The molecule has 0 radical (unpaired) electrons. The predicted molar refractivity (Wildman–Crippen MR) is 53.6 cm³/mol. The number of carbonyl (C=O) groups is 3. The van der Waals surface area contributed by atoms with Crippen molar-refractivity contribution in [3.63, 3.8) is 0 Å². The molecule has 16 heavy (non-hydrogen) atoms. The van der Waals surface area contributed by atoms with Gasteiger partial charge in [0, 0.05) is 0 Å². The van der Waals surface area contributed by atoms with Gasteiger partial charge in [0.05, 0.1) is 16.8 Å². The Morgan fingerprint density at radius 3 is 2.19 bits per heavy atom. The number of hydrogen-bond acceptors (Lipinski definition) is 3. The quantitative estimate of drug-likeness (QED) is 0.596. The number of anilines is 1. The molecule has 0 aliphatic rings. The van der Waals surface area contributed by atoms with Crippen LogP contribution in [0.2, 0.25) is 0 Å². The highest BCUT2D eigenvalue weighted by Gasteiger charge is 2.14. The van der Waals surface area contributed by atoms with Crippen LogP contribution in [-0.2, 0) is 0 Å². The van der Waals surface area contributed by atoms with Gasteiger partial charge in [-0.05, 0) is 18.2 Å². The van der Waals surface area contributed by atoms with Gasteiger partial charge in [0.2, 0.25) is 0 Å². The van der Waals surface area contributed by atoms with Crippen molar-refractivity contribution >= 4 is 23.7 Å². The summed E-state index contributed by atoms with van der Waals surface area (Å²) in [7, 11) is 0. The molecule has 0 atom stereocenters. The third-order valence-electron chi connectivity index (χ3n) is 1.75. The van der Waals surface area contributed by atoms with Crippen molar-refractivity contribution in [3.8, 4) is 0 Å². The molecule has 2 amide bonds. The average molecular weight is 224 g/mol. The Bertz CT molecular complexity index is 469. The van der Waals surface area contributed by atoms with Crippen LogP contribution in [0.25, 0.3) is 0 Å². The molecule has 0 aromatic heterocycles. The fraction of sp³-hybridized carbons (Fsp3) is 0. The highest BCUT2D eigenvalue weighted by molar-refractivity contribution is 6.01. The van der Waals surface area contributed by atoms with Crippen LogP contribution >= 0.6 is 0 Å². The first-order valence-corrected chi connectivity index (χ1v) is 4.09. The van der Waals surface area contributed by atoms with Gasteiger partial charge in [0.15, 0.2) is 0 Å². The molecule has 0 spiro atoms. The third kappa shape index (κ3) is 2.47. The topological polar surface area (TPSA) is 130 Å². The Morgan fingerprint density at radius 2 is 1.75 bits per heavy atom. The number of carboxylic acid groups (broad SMARTS) is 2. The van der Waals surface area contributed by atoms with Gasteiger partial charge in [-0.15, -0.1) is 0 Å². The van der Waals surface area contributed by atoms with Gasteiger partial charge >= 0.3 is 18.0 Å². The van der Waals surface area contributed by atoms with Crippen LogP contribution in [0, 0.1) is 0 Å². The Labute approximate surface area is 89.5 Å². The lowest BCUT2D eigenvalue weighted by molar-refractivity contribution is 0.0682. The second kappa shape index (κ2) is 4.30. The Balaban J connectivity index is 3.26. The average Bonchev–Trinajstić information content (AvgIpc) is 2.15. The molecule has 1 rings (SSSR count). The zero-order valence-electron chi connectivity index (χ0n) is 7.93. The zero-order chi connectivity index (χ0) is 12.3. The summed E-state index contributed by atoms with van der Waals surface area (Å²) in [6, 6.07) is 2.26. The molecule has 1 aromatic carbocycles. The molecule has 0 fully saturated rings. The van der Waals surface area contributed by atoms with Crippen molar-refractivity contribution in [2.24, 2.45) is 5.73 Å². The van der Waals surface area contributed by atoms with Crippen molar-refractivity contribution in [2.75, 3.05) is 5.32 Å². The SMILES string of the molecule is NC(=O)Nc1cc(C(=O)O)ccc1C(=O)O. The number of benzene rings is 1. The van der Waals surface area contributed by atoms with Crippen LogP contribution in [0.4, 0.5) is 10.5 Å². The molecule has 0 saturated heterocycles. The summed E-state index contributed by atoms with van der Waals surface area (Å²) >= 11 is 0. The van der Waals surface area contributed by atoms with E-state index in [1.165, 1.54) is 0 Å². The molecule has 1 aromatic rings. The molecule has 0 saturated carbocycles. The lowest BCUT2D eigenvalue weighted by Crippen LogP contribution is -2.21. The number of nitrogens with two attached hydrogens (primary N) is 1. The van der Waals surface area contributed by atoms with Crippen LogP contribution in [0.5, 0.6) is 0 Å². The number of nitrogens with one attached hydrogen (secondary N) is 1. The molecule has 0 heterocycles. The maximum absolute atomic E-state index is 10.7. The van der Waals surface area contributed by atoms with E-state index in [4.69, 9.17) is 15.9 Å². The summed E-state index contributed by atoms with van der Waals surface area (Å²) in [5.41, 5.74) is 4.30. The molecule has 5 N–H and O–H groups in total. The van der Waals surface area contributed by atoms with Gasteiger partial charge < -0.3 is 21.3 Å². The summed E-state index contributed by atoms with van der Waals surface area (Å²) in [6.45, 7) is 0. The van der Waals surface area contributed by atoms with Crippen LogP contribution in [-0.4, -0.2) is 28.2 Å². The van der Waals surface area contributed by atoms with Gasteiger partial charge in [0.1, 0.15) is 0 Å². The molecule has 84 valence electrons. The van der Waals surface area contributed by atoms with Crippen LogP contribution in [0.15, 0.2) is 18.2 Å². The largest absolute Gasteiger partial charge is 0.478 e. The minimum absolute atomic E-state index is 0.145. The molecule has 7 nitrogen and oxygen atoms in total. The van der Waals surface area contributed by atoms with Gasteiger partial charge in [-0.25, -0.2) is 14.4 Å². The van der Waals surface area contributed by atoms with Crippen LogP contribution in [0.3, 0.4) is 0 Å². The summed E-state index contributed by atoms with van der Waals surface area (Å²) in [5.74, 6) is -2.52. The first-order chi connectivity index (χ1) is 7.41. The van der Waals surface area contributed by atoms with Crippen molar-refractivity contribution in [3.05, 3.63) is 29.3 Å². The summed E-state index contributed by atoms with van der Waals surface area (Å²) < 4.78 is 0. The first-order valence-electron chi connectivity index (χ1n) is 4.09. The Kier molecular flexibility index (Phi) is 3.09. The molecule has 7 heteroatoms. The molecule has 0 aliphatic carbocycles. The summed E-state index contributed by atoms with van der Waals surface area (Å²) in [4.78, 5) is 32.0. The number of carbonyl (C=O) groups excluding carboxylic acids is 1. The fourth-order valence-electron chi connectivity index (χ4n) is 1.10. The lowest BCUT2D eigenvalue weighted by Gasteiger charge is -2.06. The van der Waals surface area contributed by atoms with E-state index in [2.05, 4.69) is 0 Å². The van der Waals surface area contributed by atoms with E-state index < -0.39 is 18.0 Å². The minimum Gasteiger partial charge on any atom is -0.478 e. The smallest absolute Gasteiger partial charge is 0.337 e. The molecular formula is C9H8N2O5. The standard InChI is InChI=1S/C9H8N2O5/c10-9(16)11-6-3-4(7(12)13)1-2-5(6)8(14)15/h1-3H,(H,12,13)(H,14,15)(H3,10,11,16). The van der Waals surface area contributed by atoms with Crippen molar-refractivity contribution in [2.45, 2.75) is 0 Å². The Morgan fingerprint density at radius 1 is 1.12 bits per heavy atom. The van der Waals surface area contributed by atoms with Gasteiger partial charge in [-0.1, -0.05) is 0 Å². The maximum atomic E-state index is 10.7. The van der Waals surface area contributed by atoms with Crippen molar-refractivity contribution in [1.29, 1.82) is 0 Å². The van der Waals surface area contributed by atoms with Crippen LogP contribution < -0.4 is 11.1 Å². The maximum Gasteiger partial charge on any atom is 0.337 e. The fourth-order valence-corrected chi connectivity index (χ4v) is 1.10. The first kappa shape index (κ1) is 11.5. The monoisotopic (exact) mass is 224 g/mol. The van der Waals surface area contributed by atoms with Gasteiger partial charge in [-0.3, -0.25) is 0 Å². The Hall–Kier alpha value is -2.57. The van der Waals surface area contributed by atoms with E-state index in [1.54, 1.807) is 0 Å². The number of aromatic carboxylic acids is 2. The highest BCUT2D eigenvalue weighted by atomic mass is 16.4. The summed E-state index contributed by atoms with van der Waals surface area (Å²) in [5, 5.41) is 19.5. The van der Waals surface area contributed by atoms with Crippen molar-refractivity contribution in [1.82, 2.24) is 0 Å². The lowest BCUT2D eigenvalue weighted by atomic mass is 10.1. The van der Waals surface area contributed by atoms with E-state index in [1.807, 2.05) is 5.32 Å². The van der Waals surface area contributed by atoms with Crippen molar-refractivity contribution < 1.29 is 24.6 Å². The van der Waals surface area contributed by atoms with E-state index in [-0.39, 0.29) is 16.8 Å². The molecule has 0 unspecified atom stereocenters. The molecule has 0 aliphatic heterocycles. The number of urea groups is 1. The number of primary amides is 1. The van der Waals surface area contributed by atoms with E-state index >= 15 is 0 Å². The van der Waals surface area contributed by atoms with E-state index in [0.717, 1.165) is 18.2 Å². The van der Waals surface area contributed by atoms with Crippen LogP contribution in [0.1, 0.15) is 20.7 Å². The summed E-state index contributed by atoms with van der Waals surface area (Å²) in [6.07, 6.45) is 0. The second-order valence-electron chi connectivity index (χ2n) is 2.86. The van der Waals surface area contributed by atoms with Gasteiger partial charge in [0.25, 0.3) is 0 Å². The molecular weight excluding hydrogens is 216 g/mol. The molecule has 0 bridgehead atoms. The number of carboxylic acids is 2. The number of amides is 2. The predicted octanol–water partition coefficient (Wildman–Crippen LogP) is 0.574. The van der Waals surface area contributed by atoms with E-state index in [0.29, 0.717) is 0 Å². The number of hydrogen-bond donors (Lipinski definition) is 4. The number of rotatable bonds is 3. The zero-order valence-corrected chi connectivity index (χ0v) is 7.93. The third-order valence-corrected chi connectivity index (χ3v) is 1.75. The second-order valence-corrected chi connectivity index (χ2v) is 2.86. The van der Waals surface area contributed by atoms with Gasteiger partial charge in [-0.2, -0.15) is 0 Å². The minimum atomic E-state index is -1.29. The highest BCUT2D eigenvalue weighted by Crippen LogP contribution is 2.17. The van der Waals surface area contributed by atoms with E-state index in [9.17, 15) is 14.4 Å². The normalized spacial score (nSPS) is 9.50.